The first-order valence-electron chi connectivity index (χ1n) is 7.15. The maximum atomic E-state index is 12.1. The first kappa shape index (κ1) is 15.3. The van der Waals surface area contributed by atoms with Gasteiger partial charge in [0.15, 0.2) is 0 Å². The van der Waals surface area contributed by atoms with Gasteiger partial charge in [-0.15, -0.1) is 6.58 Å². The van der Waals surface area contributed by atoms with E-state index in [1.54, 1.807) is 30.3 Å². The van der Waals surface area contributed by atoms with Gasteiger partial charge >= 0.3 is 0 Å². The van der Waals surface area contributed by atoms with E-state index in [9.17, 15) is 9.59 Å². The first-order valence-corrected chi connectivity index (χ1v) is 7.15. The average Bonchev–Trinajstić information content (AvgIpc) is 2.91. The van der Waals surface area contributed by atoms with E-state index in [0.29, 0.717) is 23.7 Å². The van der Waals surface area contributed by atoms with Crippen LogP contribution in [0.15, 0.2) is 36.9 Å². The Bertz CT molecular complexity index is 525. The molecule has 0 spiro atoms. The van der Waals surface area contributed by atoms with E-state index in [-0.39, 0.29) is 17.9 Å². The summed E-state index contributed by atoms with van der Waals surface area (Å²) in [5.41, 5.74) is 1.25. The van der Waals surface area contributed by atoms with Crippen molar-refractivity contribution in [1.29, 1.82) is 0 Å². The molecule has 1 saturated heterocycles. The molecule has 0 aromatic heterocycles. The van der Waals surface area contributed by atoms with Gasteiger partial charge in [-0.2, -0.15) is 0 Å². The zero-order chi connectivity index (χ0) is 15.2. The number of anilines is 1. The van der Waals surface area contributed by atoms with Crippen molar-refractivity contribution in [3.8, 4) is 0 Å². The third-order valence-corrected chi connectivity index (χ3v) is 3.64. The quantitative estimate of drug-likeness (QED) is 0.719. The van der Waals surface area contributed by atoms with E-state index in [1.807, 2.05) is 0 Å². The summed E-state index contributed by atoms with van der Waals surface area (Å²) in [7, 11) is 0. The van der Waals surface area contributed by atoms with Crippen molar-refractivity contribution in [3.63, 3.8) is 0 Å². The molecule has 2 atom stereocenters. The Morgan fingerprint density at radius 1 is 1.38 bits per heavy atom. The number of rotatable bonds is 5. The highest BCUT2D eigenvalue weighted by Crippen LogP contribution is 2.17. The first-order chi connectivity index (χ1) is 10.1. The Hall–Kier alpha value is -2.14. The fraction of sp³-hybridized carbons (Fsp3) is 0.375. The Morgan fingerprint density at radius 2 is 2.10 bits per heavy atom. The topological polar surface area (TPSA) is 70.2 Å². The molecular weight excluding hydrogens is 266 g/mol. The summed E-state index contributed by atoms with van der Waals surface area (Å²) >= 11 is 0. The Kier molecular flexibility index (Phi) is 5.11. The zero-order valence-electron chi connectivity index (χ0n) is 12.2. The molecule has 2 unspecified atom stereocenters. The molecule has 5 nitrogen and oxygen atoms in total. The van der Waals surface area contributed by atoms with E-state index in [0.717, 1.165) is 13.0 Å². The Morgan fingerprint density at radius 3 is 2.67 bits per heavy atom. The predicted octanol–water partition coefficient (Wildman–Crippen LogP) is 1.54. The van der Waals surface area contributed by atoms with Crippen LogP contribution in [0.2, 0.25) is 0 Å². The fourth-order valence-electron chi connectivity index (χ4n) is 2.38. The summed E-state index contributed by atoms with van der Waals surface area (Å²) in [4.78, 5) is 23.9. The van der Waals surface area contributed by atoms with Crippen molar-refractivity contribution in [2.45, 2.75) is 19.4 Å². The molecule has 1 heterocycles. The van der Waals surface area contributed by atoms with Gasteiger partial charge in [-0.25, -0.2) is 0 Å². The van der Waals surface area contributed by atoms with Crippen LogP contribution in [0.3, 0.4) is 0 Å². The lowest BCUT2D eigenvalue weighted by atomic mass is 10.0. The minimum Gasteiger partial charge on any atom is -0.349 e. The monoisotopic (exact) mass is 287 g/mol. The maximum Gasteiger partial charge on any atom is 0.251 e. The van der Waals surface area contributed by atoms with Crippen molar-refractivity contribution in [2.24, 2.45) is 5.92 Å². The molecule has 1 fully saturated rings. The van der Waals surface area contributed by atoms with Gasteiger partial charge in [-0.05, 0) is 43.1 Å². The molecule has 0 saturated carbocycles. The summed E-state index contributed by atoms with van der Waals surface area (Å²) in [6.07, 6.45) is 2.64. The van der Waals surface area contributed by atoms with Crippen LogP contribution in [0, 0.1) is 5.92 Å². The summed E-state index contributed by atoms with van der Waals surface area (Å²) in [5, 5.41) is 8.77. The molecule has 1 aliphatic heterocycles. The Labute approximate surface area is 124 Å². The summed E-state index contributed by atoms with van der Waals surface area (Å²) < 4.78 is 0. The summed E-state index contributed by atoms with van der Waals surface area (Å²) in [6.45, 7) is 6.93. The lowest BCUT2D eigenvalue weighted by Gasteiger charge is -2.15. The van der Waals surface area contributed by atoms with Gasteiger partial charge in [-0.3, -0.25) is 9.59 Å². The molecule has 3 N–H and O–H groups in total. The highest BCUT2D eigenvalue weighted by atomic mass is 16.2. The van der Waals surface area contributed by atoms with Gasteiger partial charge < -0.3 is 16.0 Å². The molecule has 21 heavy (non-hydrogen) atoms. The number of carbonyl (C=O) groups excluding carboxylic acids is 2. The zero-order valence-corrected chi connectivity index (χ0v) is 12.2. The van der Waals surface area contributed by atoms with Crippen LogP contribution in [0.1, 0.15) is 23.7 Å². The molecule has 0 radical (unpaired) electrons. The van der Waals surface area contributed by atoms with Gasteiger partial charge in [0.25, 0.3) is 5.91 Å². The molecule has 2 amide bonds. The lowest BCUT2D eigenvalue weighted by Crippen LogP contribution is -2.39. The number of benzene rings is 1. The molecule has 0 bridgehead atoms. The molecule has 5 heteroatoms. The third kappa shape index (κ3) is 3.92. The second kappa shape index (κ2) is 7.04. The van der Waals surface area contributed by atoms with Crippen LogP contribution in [0.25, 0.3) is 0 Å². The van der Waals surface area contributed by atoms with Crippen molar-refractivity contribution in [3.05, 3.63) is 42.5 Å². The second-order valence-corrected chi connectivity index (χ2v) is 5.26. The Balaban J connectivity index is 1.94. The highest BCUT2D eigenvalue weighted by molar-refractivity contribution is 5.97. The molecule has 1 aromatic rings. The van der Waals surface area contributed by atoms with Crippen molar-refractivity contribution < 1.29 is 9.59 Å². The predicted molar refractivity (Wildman–Crippen MR) is 83.2 cm³/mol. The van der Waals surface area contributed by atoms with E-state index >= 15 is 0 Å². The third-order valence-electron chi connectivity index (χ3n) is 3.64. The van der Waals surface area contributed by atoms with E-state index in [1.165, 1.54) is 0 Å². The van der Waals surface area contributed by atoms with Gasteiger partial charge in [0.2, 0.25) is 5.91 Å². The normalized spacial score (nSPS) is 20.8. The highest BCUT2D eigenvalue weighted by Gasteiger charge is 2.29. The number of carbonyl (C=O) groups is 2. The number of nitrogens with one attached hydrogen (secondary N) is 3. The van der Waals surface area contributed by atoms with Crippen LogP contribution < -0.4 is 16.0 Å². The lowest BCUT2D eigenvalue weighted by molar-refractivity contribution is -0.118. The molecule has 1 aromatic carbocycles. The summed E-state index contributed by atoms with van der Waals surface area (Å²) in [5.74, 6) is 0.164. The summed E-state index contributed by atoms with van der Waals surface area (Å²) in [6, 6.07) is 6.72. The van der Waals surface area contributed by atoms with Crippen LogP contribution in [-0.2, 0) is 4.79 Å². The van der Waals surface area contributed by atoms with Gasteiger partial charge in [0, 0.05) is 17.8 Å². The molecule has 0 aliphatic carbocycles. The van der Waals surface area contributed by atoms with Crippen LogP contribution in [0.4, 0.5) is 5.69 Å². The van der Waals surface area contributed by atoms with Crippen molar-refractivity contribution in [1.82, 2.24) is 10.6 Å². The van der Waals surface area contributed by atoms with E-state index in [2.05, 4.69) is 29.5 Å². The number of hydrogen-bond donors (Lipinski definition) is 3. The smallest absolute Gasteiger partial charge is 0.251 e. The maximum absolute atomic E-state index is 12.1. The van der Waals surface area contributed by atoms with Crippen molar-refractivity contribution in [2.75, 3.05) is 18.4 Å². The molecule has 112 valence electrons. The average molecular weight is 287 g/mol. The number of amides is 2. The molecule has 1 aliphatic rings. The SMILES string of the molecule is C=CCNC(=O)c1ccc(NC(=O)C2NCCC2C)cc1. The molecular formula is C16H21N3O2. The van der Waals surface area contributed by atoms with Gasteiger partial charge in [0.1, 0.15) is 0 Å². The van der Waals surface area contributed by atoms with Gasteiger partial charge in [0.05, 0.1) is 6.04 Å². The van der Waals surface area contributed by atoms with Crippen LogP contribution >= 0.6 is 0 Å². The largest absolute Gasteiger partial charge is 0.349 e. The fourth-order valence-corrected chi connectivity index (χ4v) is 2.38. The molecule has 2 rings (SSSR count). The number of hydrogen-bond acceptors (Lipinski definition) is 3. The van der Waals surface area contributed by atoms with Crippen molar-refractivity contribution >= 4 is 17.5 Å². The van der Waals surface area contributed by atoms with Crippen LogP contribution in [0.5, 0.6) is 0 Å². The minimum atomic E-state index is -0.154. The van der Waals surface area contributed by atoms with Crippen LogP contribution in [-0.4, -0.2) is 30.9 Å². The minimum absolute atomic E-state index is 0.0242. The van der Waals surface area contributed by atoms with E-state index < -0.39 is 0 Å². The second-order valence-electron chi connectivity index (χ2n) is 5.26. The van der Waals surface area contributed by atoms with Gasteiger partial charge in [-0.1, -0.05) is 13.0 Å². The standard InChI is InChI=1S/C16H21N3O2/c1-3-9-18-15(20)12-4-6-13(7-5-12)19-16(21)14-11(2)8-10-17-14/h3-7,11,14,17H,1,8-10H2,2H3,(H,18,20)(H,19,21). The van der Waals surface area contributed by atoms with E-state index in [4.69, 9.17) is 0 Å².